The lowest BCUT2D eigenvalue weighted by molar-refractivity contribution is 0.209. The van der Waals surface area contributed by atoms with Crippen LogP contribution >= 0.6 is 0 Å². The first-order valence-corrected chi connectivity index (χ1v) is 10.7. The van der Waals surface area contributed by atoms with Crippen LogP contribution in [-0.2, 0) is 39.4 Å². The van der Waals surface area contributed by atoms with Gasteiger partial charge in [0.1, 0.15) is 9.79 Å². The summed E-state index contributed by atoms with van der Waals surface area (Å²) in [6, 6.07) is 3.20. The van der Waals surface area contributed by atoms with Gasteiger partial charge in [-0.3, -0.25) is 19.4 Å². The highest BCUT2D eigenvalue weighted by Gasteiger charge is 2.29. The molecule has 1 aromatic carbocycles. The number of anilines is 1. The van der Waals surface area contributed by atoms with E-state index >= 15 is 0 Å². The molecule has 24 heavy (non-hydrogen) atoms. The van der Waals surface area contributed by atoms with Crippen molar-refractivity contribution in [2.24, 2.45) is 0 Å². The second kappa shape index (κ2) is 7.73. The summed E-state index contributed by atoms with van der Waals surface area (Å²) in [5.74, 6) is -0.986. The molecular formula is C10H15NO10S3. The Kier molecular flexibility index (Phi) is 6.68. The van der Waals surface area contributed by atoms with Crippen LogP contribution in [0.4, 0.5) is 5.69 Å². The van der Waals surface area contributed by atoms with Crippen LogP contribution in [-0.4, -0.2) is 53.3 Å². The van der Waals surface area contributed by atoms with Crippen LogP contribution in [0.15, 0.2) is 28.0 Å². The normalized spacial score (nSPS) is 13.0. The lowest BCUT2D eigenvalue weighted by atomic mass is 10.3. The molecule has 14 heteroatoms. The maximum Gasteiger partial charge on any atom is 0.397 e. The van der Waals surface area contributed by atoms with E-state index in [1.54, 1.807) is 6.92 Å². The minimum absolute atomic E-state index is 0.113. The molecule has 0 heterocycles. The molecule has 11 nitrogen and oxygen atoms in total. The van der Waals surface area contributed by atoms with Crippen LogP contribution in [0.5, 0.6) is 0 Å². The largest absolute Gasteiger partial charge is 0.397 e. The Morgan fingerprint density at radius 2 is 1.71 bits per heavy atom. The number of nitrogens with one attached hydrogen (secondary N) is 1. The predicted molar refractivity (Wildman–Crippen MR) is 81.1 cm³/mol. The fraction of sp³-hybridized carbons (Fsp3) is 0.400. The molecule has 0 spiro atoms. The molecule has 0 bridgehead atoms. The highest BCUT2D eigenvalue weighted by molar-refractivity contribution is 7.93. The highest BCUT2D eigenvalue weighted by atomic mass is 32.3. The van der Waals surface area contributed by atoms with E-state index < -0.39 is 52.5 Å². The third-order valence-electron chi connectivity index (χ3n) is 2.48. The van der Waals surface area contributed by atoms with E-state index in [4.69, 9.17) is 9.39 Å². The van der Waals surface area contributed by atoms with E-state index in [1.807, 2.05) is 0 Å². The Balaban J connectivity index is 3.36. The summed E-state index contributed by atoms with van der Waals surface area (Å²) < 4.78 is 90.0. The van der Waals surface area contributed by atoms with Crippen molar-refractivity contribution < 1.29 is 43.4 Å². The quantitative estimate of drug-likeness (QED) is 0.369. The van der Waals surface area contributed by atoms with Gasteiger partial charge in [-0.2, -0.15) is 16.8 Å². The van der Waals surface area contributed by atoms with Crippen molar-refractivity contribution in [3.63, 3.8) is 0 Å². The molecule has 0 saturated carbocycles. The number of hydrogen-bond donors (Lipinski definition) is 3. The van der Waals surface area contributed by atoms with Gasteiger partial charge in [-0.25, -0.2) is 12.6 Å². The van der Waals surface area contributed by atoms with Crippen LogP contribution in [0.2, 0.25) is 0 Å². The van der Waals surface area contributed by atoms with Gasteiger partial charge in [-0.05, 0) is 19.1 Å². The van der Waals surface area contributed by atoms with Gasteiger partial charge in [0.05, 0.1) is 24.7 Å². The zero-order chi connectivity index (χ0) is 18.6. The van der Waals surface area contributed by atoms with E-state index in [0.717, 1.165) is 12.1 Å². The van der Waals surface area contributed by atoms with Crippen molar-refractivity contribution in [3.05, 3.63) is 18.2 Å². The Labute approximate surface area is 139 Å². The molecule has 0 aliphatic rings. The van der Waals surface area contributed by atoms with Crippen molar-refractivity contribution in [1.29, 1.82) is 0 Å². The van der Waals surface area contributed by atoms with Crippen molar-refractivity contribution in [1.82, 2.24) is 0 Å². The second-order valence-electron chi connectivity index (χ2n) is 4.21. The molecule has 1 aromatic rings. The maximum absolute atomic E-state index is 12.3. The third kappa shape index (κ3) is 5.97. The smallest absolute Gasteiger partial charge is 0.282 e. The summed E-state index contributed by atoms with van der Waals surface area (Å²) in [6.45, 7) is 0.726. The summed E-state index contributed by atoms with van der Waals surface area (Å²) in [7, 11) is -14.2. The number of hydrogen-bond acceptors (Lipinski definition) is 9. The SMILES string of the molecule is CCONc1cccc(S(=O)(=O)O)c1S(=O)(=O)CCOS(=O)(=O)O. The molecule has 0 atom stereocenters. The summed E-state index contributed by atoms with van der Waals surface area (Å²) in [5.41, 5.74) is 1.95. The number of sulfone groups is 1. The molecule has 0 aliphatic carbocycles. The van der Waals surface area contributed by atoms with Gasteiger partial charge >= 0.3 is 10.4 Å². The average molecular weight is 405 g/mol. The number of rotatable bonds is 9. The van der Waals surface area contributed by atoms with Gasteiger partial charge in [0.15, 0.2) is 9.84 Å². The predicted octanol–water partition coefficient (Wildman–Crippen LogP) is -0.110. The van der Waals surface area contributed by atoms with Crippen molar-refractivity contribution in [2.75, 3.05) is 24.4 Å². The highest BCUT2D eigenvalue weighted by Crippen LogP contribution is 2.30. The van der Waals surface area contributed by atoms with Gasteiger partial charge in [-0.1, -0.05) is 6.07 Å². The first-order valence-electron chi connectivity index (χ1n) is 6.21. The van der Waals surface area contributed by atoms with E-state index in [2.05, 4.69) is 9.66 Å². The van der Waals surface area contributed by atoms with Gasteiger partial charge in [0.2, 0.25) is 0 Å². The van der Waals surface area contributed by atoms with E-state index in [0.29, 0.717) is 0 Å². The summed E-state index contributed by atoms with van der Waals surface area (Å²) in [6.07, 6.45) is 0. The lowest BCUT2D eigenvalue weighted by Gasteiger charge is -2.14. The lowest BCUT2D eigenvalue weighted by Crippen LogP contribution is -2.19. The third-order valence-corrected chi connectivity index (χ3v) is 5.73. The topological polar surface area (TPSA) is 173 Å². The van der Waals surface area contributed by atoms with Crippen molar-refractivity contribution in [2.45, 2.75) is 16.7 Å². The maximum atomic E-state index is 12.3. The molecule has 1 rings (SSSR count). The van der Waals surface area contributed by atoms with Crippen LogP contribution in [0, 0.1) is 0 Å². The fourth-order valence-corrected chi connectivity index (χ4v) is 4.64. The van der Waals surface area contributed by atoms with Crippen LogP contribution in [0.3, 0.4) is 0 Å². The minimum Gasteiger partial charge on any atom is -0.282 e. The molecule has 0 amide bonds. The van der Waals surface area contributed by atoms with Crippen molar-refractivity contribution in [3.8, 4) is 0 Å². The molecule has 0 radical (unpaired) electrons. The van der Waals surface area contributed by atoms with Gasteiger partial charge in [0.25, 0.3) is 10.1 Å². The summed E-state index contributed by atoms with van der Waals surface area (Å²) >= 11 is 0. The molecule has 3 N–H and O–H groups in total. The second-order valence-corrected chi connectivity index (χ2v) is 8.74. The Morgan fingerprint density at radius 1 is 1.08 bits per heavy atom. The monoisotopic (exact) mass is 405 g/mol. The fourth-order valence-electron chi connectivity index (χ4n) is 1.62. The Bertz CT molecular complexity index is 889. The molecule has 0 aliphatic heterocycles. The van der Waals surface area contributed by atoms with Crippen LogP contribution in [0.1, 0.15) is 6.92 Å². The zero-order valence-electron chi connectivity index (χ0n) is 12.2. The average Bonchev–Trinajstić information content (AvgIpc) is 2.42. The zero-order valence-corrected chi connectivity index (χ0v) is 14.7. The number of benzene rings is 1. The van der Waals surface area contributed by atoms with Gasteiger partial charge in [-0.15, -0.1) is 0 Å². The molecule has 0 aromatic heterocycles. The summed E-state index contributed by atoms with van der Waals surface area (Å²) in [4.78, 5) is 3.09. The minimum atomic E-state index is -4.90. The van der Waals surface area contributed by atoms with E-state index in [-0.39, 0.29) is 12.3 Å². The Hall–Kier alpha value is -1.29. The van der Waals surface area contributed by atoms with Crippen LogP contribution < -0.4 is 5.48 Å². The van der Waals surface area contributed by atoms with Crippen molar-refractivity contribution >= 4 is 36.0 Å². The first-order chi connectivity index (χ1) is 10.9. The van der Waals surface area contributed by atoms with Gasteiger partial charge in [0, 0.05) is 0 Å². The van der Waals surface area contributed by atoms with E-state index in [1.165, 1.54) is 6.07 Å². The standard InChI is InChI=1S/C10H15NO10S3/c1-2-20-11-8-4-3-5-9(23(14,15)16)10(8)22(12,13)7-6-21-24(17,18)19/h3-5,11H,2,6-7H2,1H3,(H,14,15,16)(H,17,18,19). The van der Waals surface area contributed by atoms with Crippen LogP contribution in [0.25, 0.3) is 0 Å². The first kappa shape index (κ1) is 20.8. The van der Waals surface area contributed by atoms with Gasteiger partial charge < -0.3 is 0 Å². The Morgan fingerprint density at radius 3 is 2.21 bits per heavy atom. The van der Waals surface area contributed by atoms with E-state index in [9.17, 15) is 29.8 Å². The molecule has 0 saturated heterocycles. The molecule has 138 valence electrons. The molecule has 0 fully saturated rings. The molecule has 0 unspecified atom stereocenters. The molecular weight excluding hydrogens is 390 g/mol. The summed E-state index contributed by atoms with van der Waals surface area (Å²) in [5, 5.41) is 0.